The Kier molecular flexibility index (Phi) is 5.61. The van der Waals surface area contributed by atoms with Crippen LogP contribution in [0.3, 0.4) is 0 Å². The third-order valence-corrected chi connectivity index (χ3v) is 4.62. The number of aliphatic hydroxyl groups excluding tert-OH is 1. The number of nitrogens with one attached hydrogen (secondary N) is 1. The Hall–Kier alpha value is -0.940. The summed E-state index contributed by atoms with van der Waals surface area (Å²) in [5.41, 5.74) is -0.0671. The first kappa shape index (κ1) is 17.4. The summed E-state index contributed by atoms with van der Waals surface area (Å²) in [5.74, 6) is -0.208. The van der Waals surface area contributed by atoms with Crippen molar-refractivity contribution in [1.82, 2.24) is 10.2 Å². The Balaban J connectivity index is 1.93. The normalized spacial score (nSPS) is 25.4. The minimum Gasteiger partial charge on any atom is -0.370 e. The van der Waals surface area contributed by atoms with Crippen LogP contribution in [-0.2, 0) is 9.59 Å². The van der Waals surface area contributed by atoms with E-state index in [1.54, 1.807) is 4.90 Å². The van der Waals surface area contributed by atoms with Crippen LogP contribution in [0.2, 0.25) is 0 Å². The highest BCUT2D eigenvalue weighted by atomic mass is 16.3. The Labute approximate surface area is 133 Å². The van der Waals surface area contributed by atoms with Crippen molar-refractivity contribution >= 4 is 11.7 Å². The number of carbonyl (C=O) groups excluding carboxylic acids is 2. The number of nitrogens with zero attached hydrogens (tertiary/aromatic N) is 1. The van der Waals surface area contributed by atoms with Crippen LogP contribution < -0.4 is 5.32 Å². The second kappa shape index (κ2) is 7.09. The second-order valence-electron chi connectivity index (χ2n) is 7.96. The number of aliphatic hydroxyl groups is 1. The van der Waals surface area contributed by atoms with Crippen LogP contribution in [0.5, 0.6) is 0 Å². The van der Waals surface area contributed by atoms with Crippen molar-refractivity contribution in [3.8, 4) is 0 Å². The maximum atomic E-state index is 12.5. The minimum atomic E-state index is -1.20. The zero-order valence-electron chi connectivity index (χ0n) is 14.1. The summed E-state index contributed by atoms with van der Waals surface area (Å²) >= 11 is 0. The van der Waals surface area contributed by atoms with E-state index >= 15 is 0 Å². The average molecular weight is 310 g/mol. The van der Waals surface area contributed by atoms with E-state index in [1.165, 1.54) is 0 Å². The lowest BCUT2D eigenvalue weighted by molar-refractivity contribution is -0.144. The fourth-order valence-electron chi connectivity index (χ4n) is 3.56. The Morgan fingerprint density at radius 2 is 1.82 bits per heavy atom. The van der Waals surface area contributed by atoms with Crippen LogP contribution in [0.1, 0.15) is 65.7 Å². The van der Waals surface area contributed by atoms with Gasteiger partial charge in [0.25, 0.3) is 5.91 Å². The molecule has 0 aromatic carbocycles. The van der Waals surface area contributed by atoms with Gasteiger partial charge in [0.1, 0.15) is 0 Å². The van der Waals surface area contributed by atoms with Gasteiger partial charge in [-0.3, -0.25) is 14.5 Å². The Bertz CT molecular complexity index is 411. The van der Waals surface area contributed by atoms with Crippen molar-refractivity contribution < 1.29 is 14.7 Å². The number of ketones is 1. The molecule has 2 fully saturated rings. The van der Waals surface area contributed by atoms with Gasteiger partial charge in [-0.05, 0) is 31.1 Å². The van der Waals surface area contributed by atoms with E-state index in [-0.39, 0.29) is 29.2 Å². The van der Waals surface area contributed by atoms with Gasteiger partial charge in [-0.2, -0.15) is 0 Å². The fraction of sp³-hybridized carbons (Fsp3) is 0.882. The van der Waals surface area contributed by atoms with Gasteiger partial charge in [0.05, 0.1) is 6.04 Å². The summed E-state index contributed by atoms with van der Waals surface area (Å²) in [5, 5.41) is 13.3. The zero-order chi connectivity index (χ0) is 16.3. The molecule has 1 saturated carbocycles. The number of rotatable bonds is 5. The first-order valence-corrected chi connectivity index (χ1v) is 8.55. The molecule has 1 aliphatic heterocycles. The van der Waals surface area contributed by atoms with E-state index in [0.717, 1.165) is 38.5 Å². The van der Waals surface area contributed by atoms with Crippen LogP contribution in [0.4, 0.5) is 0 Å². The molecule has 1 amide bonds. The molecule has 0 radical (unpaired) electrons. The molecule has 2 N–H and O–H groups in total. The largest absolute Gasteiger partial charge is 0.370 e. The molecule has 2 unspecified atom stereocenters. The predicted molar refractivity (Wildman–Crippen MR) is 85.2 cm³/mol. The molecule has 0 aromatic heterocycles. The molecule has 1 heterocycles. The summed E-state index contributed by atoms with van der Waals surface area (Å²) in [4.78, 5) is 26.4. The van der Waals surface area contributed by atoms with Crippen LogP contribution in [0, 0.1) is 5.41 Å². The molecular weight excluding hydrogens is 280 g/mol. The molecule has 5 heteroatoms. The number of likely N-dealkylation sites (tertiary alicyclic amines) is 1. The van der Waals surface area contributed by atoms with Crippen molar-refractivity contribution in [2.24, 2.45) is 5.41 Å². The highest BCUT2D eigenvalue weighted by Crippen LogP contribution is 2.27. The van der Waals surface area contributed by atoms with E-state index in [0.29, 0.717) is 13.0 Å². The molecule has 22 heavy (non-hydrogen) atoms. The lowest BCUT2D eigenvalue weighted by atomic mass is 9.87. The number of hydrogen-bond donors (Lipinski definition) is 2. The fourth-order valence-corrected chi connectivity index (χ4v) is 3.56. The Morgan fingerprint density at radius 1 is 1.18 bits per heavy atom. The first-order chi connectivity index (χ1) is 10.3. The summed E-state index contributed by atoms with van der Waals surface area (Å²) in [6.07, 6.45) is 5.13. The van der Waals surface area contributed by atoms with E-state index in [2.05, 4.69) is 5.32 Å². The molecule has 5 nitrogen and oxygen atoms in total. The molecule has 2 aliphatic rings. The summed E-state index contributed by atoms with van der Waals surface area (Å²) < 4.78 is 0. The summed E-state index contributed by atoms with van der Waals surface area (Å²) in [6, 6.07) is -0.128. The summed E-state index contributed by atoms with van der Waals surface area (Å²) in [7, 11) is 0. The molecule has 0 spiro atoms. The number of hydrogen-bond acceptors (Lipinski definition) is 4. The third-order valence-electron chi connectivity index (χ3n) is 4.62. The second-order valence-corrected chi connectivity index (χ2v) is 7.96. The Morgan fingerprint density at radius 3 is 2.41 bits per heavy atom. The highest BCUT2D eigenvalue weighted by Gasteiger charge is 2.38. The molecule has 2 rings (SSSR count). The van der Waals surface area contributed by atoms with Gasteiger partial charge in [-0.25, -0.2) is 0 Å². The van der Waals surface area contributed by atoms with Crippen molar-refractivity contribution in [3.63, 3.8) is 0 Å². The van der Waals surface area contributed by atoms with Crippen LogP contribution in [-0.4, -0.2) is 46.6 Å². The lowest BCUT2D eigenvalue weighted by Crippen LogP contribution is -2.52. The number of carbonyl (C=O) groups is 2. The lowest BCUT2D eigenvalue weighted by Gasteiger charge is -2.30. The predicted octanol–water partition coefficient (Wildman–Crippen LogP) is 1.83. The van der Waals surface area contributed by atoms with Gasteiger partial charge in [-0.15, -0.1) is 0 Å². The van der Waals surface area contributed by atoms with Crippen LogP contribution >= 0.6 is 0 Å². The smallest absolute Gasteiger partial charge is 0.264 e. The summed E-state index contributed by atoms with van der Waals surface area (Å²) in [6.45, 7) is 6.72. The van der Waals surface area contributed by atoms with Crippen molar-refractivity contribution in [1.29, 1.82) is 0 Å². The quantitative estimate of drug-likeness (QED) is 0.813. The van der Waals surface area contributed by atoms with Gasteiger partial charge in [0.15, 0.2) is 12.0 Å². The van der Waals surface area contributed by atoms with Gasteiger partial charge in [0, 0.05) is 19.0 Å². The first-order valence-electron chi connectivity index (χ1n) is 8.55. The van der Waals surface area contributed by atoms with Crippen molar-refractivity contribution in [2.45, 2.75) is 84.0 Å². The highest BCUT2D eigenvalue weighted by molar-refractivity contribution is 5.86. The molecule has 0 bridgehead atoms. The molecule has 126 valence electrons. The van der Waals surface area contributed by atoms with Crippen LogP contribution in [0.25, 0.3) is 0 Å². The van der Waals surface area contributed by atoms with E-state index in [1.807, 2.05) is 20.8 Å². The standard InChI is InChI=1S/C17H30N2O3/c1-17(2,3)11-14(20)13-9-6-10-19(13)16(22)15(21)18-12-7-4-5-8-12/h12-13,16,22H,4-11H2,1-3H3,(H,18,21). The number of Topliss-reactive ketones (excluding diaryl/α,β-unsaturated/α-hetero) is 1. The van der Waals surface area contributed by atoms with E-state index in [9.17, 15) is 14.7 Å². The molecule has 1 aliphatic carbocycles. The van der Waals surface area contributed by atoms with Crippen LogP contribution in [0.15, 0.2) is 0 Å². The topological polar surface area (TPSA) is 69.6 Å². The van der Waals surface area contributed by atoms with Gasteiger partial charge < -0.3 is 10.4 Å². The van der Waals surface area contributed by atoms with E-state index < -0.39 is 6.23 Å². The van der Waals surface area contributed by atoms with Crippen molar-refractivity contribution in [2.75, 3.05) is 6.54 Å². The zero-order valence-corrected chi connectivity index (χ0v) is 14.1. The maximum absolute atomic E-state index is 12.5. The number of amides is 1. The third kappa shape index (κ3) is 4.53. The molecule has 2 atom stereocenters. The average Bonchev–Trinajstić information content (AvgIpc) is 3.06. The minimum absolute atomic E-state index is 0.0671. The molecular formula is C17H30N2O3. The molecule has 0 aromatic rings. The maximum Gasteiger partial charge on any atom is 0.264 e. The SMILES string of the molecule is CC(C)(C)CC(=O)C1CCCN1C(O)C(=O)NC1CCCC1. The molecule has 1 saturated heterocycles. The monoisotopic (exact) mass is 310 g/mol. The van der Waals surface area contributed by atoms with Gasteiger partial charge in [0.2, 0.25) is 0 Å². The van der Waals surface area contributed by atoms with Gasteiger partial charge >= 0.3 is 0 Å². The van der Waals surface area contributed by atoms with Gasteiger partial charge in [-0.1, -0.05) is 33.6 Å². The van der Waals surface area contributed by atoms with Crippen molar-refractivity contribution in [3.05, 3.63) is 0 Å². The van der Waals surface area contributed by atoms with E-state index in [4.69, 9.17) is 0 Å².